The number of nitrogens with one attached hydrogen (secondary N) is 1. The van der Waals surface area contributed by atoms with Gasteiger partial charge in [-0.05, 0) is 18.2 Å². The molecule has 3 rings (SSSR count). The Morgan fingerprint density at radius 2 is 1.95 bits per heavy atom. The van der Waals surface area contributed by atoms with Gasteiger partial charge in [0.1, 0.15) is 30.2 Å². The predicted octanol–water partition coefficient (Wildman–Crippen LogP) is 0.109. The van der Waals surface area contributed by atoms with E-state index in [1.165, 1.54) is 0 Å². The van der Waals surface area contributed by atoms with Gasteiger partial charge in [0, 0.05) is 21.6 Å². The molecular formula is C14H16BrNO6. The lowest BCUT2D eigenvalue weighted by Gasteiger charge is -2.39. The van der Waals surface area contributed by atoms with E-state index in [0.717, 1.165) is 15.4 Å². The number of fused-ring (bicyclic) bond motifs is 1. The number of aliphatic hydroxyl groups is 4. The van der Waals surface area contributed by atoms with Gasteiger partial charge in [-0.3, -0.25) is 0 Å². The van der Waals surface area contributed by atoms with Crippen LogP contribution in [0.5, 0.6) is 5.75 Å². The zero-order chi connectivity index (χ0) is 15.9. The molecule has 8 heteroatoms. The van der Waals surface area contributed by atoms with E-state index in [2.05, 4.69) is 20.9 Å². The van der Waals surface area contributed by atoms with Gasteiger partial charge in [-0.1, -0.05) is 15.9 Å². The number of benzene rings is 1. The summed E-state index contributed by atoms with van der Waals surface area (Å²) in [5.41, 5.74) is 0.836. The minimum Gasteiger partial charge on any atom is -0.460 e. The molecule has 2 aromatic rings. The maximum Gasteiger partial charge on any atom is 0.229 e. The van der Waals surface area contributed by atoms with E-state index in [1.807, 2.05) is 18.2 Å². The highest BCUT2D eigenvalue weighted by molar-refractivity contribution is 9.10. The summed E-state index contributed by atoms with van der Waals surface area (Å²) in [6, 6.07) is 5.57. The van der Waals surface area contributed by atoms with Crippen LogP contribution in [0, 0.1) is 0 Å². The van der Waals surface area contributed by atoms with E-state index >= 15 is 0 Å². The molecule has 120 valence electrons. The lowest BCUT2D eigenvalue weighted by atomic mass is 9.99. The largest absolute Gasteiger partial charge is 0.460 e. The van der Waals surface area contributed by atoms with E-state index in [-0.39, 0.29) is 0 Å². The SMILES string of the molecule is OCC1O[C@H](Oc2c[nH]c3ccc(Br)cc23)C(O)[C@H](O)[C@H]1O. The summed E-state index contributed by atoms with van der Waals surface area (Å²) in [5.74, 6) is 0.431. The van der Waals surface area contributed by atoms with E-state index in [4.69, 9.17) is 9.47 Å². The molecule has 1 aromatic carbocycles. The van der Waals surface area contributed by atoms with Crippen LogP contribution < -0.4 is 4.74 Å². The van der Waals surface area contributed by atoms with Gasteiger partial charge in [0.25, 0.3) is 0 Å². The minimum atomic E-state index is -1.46. The van der Waals surface area contributed by atoms with Gasteiger partial charge in [0.05, 0.1) is 6.61 Å². The van der Waals surface area contributed by atoms with Crippen LogP contribution in [0.2, 0.25) is 0 Å². The van der Waals surface area contributed by atoms with Crippen molar-refractivity contribution in [1.82, 2.24) is 4.98 Å². The van der Waals surface area contributed by atoms with E-state index in [0.29, 0.717) is 5.75 Å². The van der Waals surface area contributed by atoms with E-state index in [9.17, 15) is 20.4 Å². The molecule has 0 aliphatic carbocycles. The molecule has 0 bridgehead atoms. The topological polar surface area (TPSA) is 115 Å². The first-order valence-corrected chi connectivity index (χ1v) is 7.54. The van der Waals surface area contributed by atoms with Crippen LogP contribution in [0.25, 0.3) is 10.9 Å². The van der Waals surface area contributed by atoms with E-state index < -0.39 is 37.3 Å². The fourth-order valence-electron chi connectivity index (χ4n) is 2.45. The average molecular weight is 374 g/mol. The van der Waals surface area contributed by atoms with Crippen LogP contribution in [0.3, 0.4) is 0 Å². The number of aliphatic hydroxyl groups excluding tert-OH is 4. The highest BCUT2D eigenvalue weighted by Crippen LogP contribution is 2.31. The number of ether oxygens (including phenoxy) is 2. The first-order chi connectivity index (χ1) is 10.5. The first-order valence-electron chi connectivity index (χ1n) is 6.75. The summed E-state index contributed by atoms with van der Waals surface area (Å²) in [6.45, 7) is -0.496. The maximum atomic E-state index is 9.99. The molecule has 0 spiro atoms. The summed E-state index contributed by atoms with van der Waals surface area (Å²) in [5, 5.41) is 39.4. The van der Waals surface area contributed by atoms with Crippen molar-refractivity contribution in [3.63, 3.8) is 0 Å². The number of rotatable bonds is 3. The molecule has 1 aromatic heterocycles. The van der Waals surface area contributed by atoms with Crippen LogP contribution in [-0.4, -0.2) is 62.7 Å². The van der Waals surface area contributed by atoms with Crippen molar-refractivity contribution in [2.75, 3.05) is 6.61 Å². The Kier molecular flexibility index (Phi) is 4.40. The van der Waals surface area contributed by atoms with Crippen molar-refractivity contribution in [3.05, 3.63) is 28.9 Å². The first kappa shape index (κ1) is 15.7. The molecule has 1 fully saturated rings. The zero-order valence-corrected chi connectivity index (χ0v) is 13.0. The lowest BCUT2D eigenvalue weighted by molar-refractivity contribution is -0.277. The van der Waals surface area contributed by atoms with Crippen molar-refractivity contribution in [3.8, 4) is 5.75 Å². The smallest absolute Gasteiger partial charge is 0.229 e. The van der Waals surface area contributed by atoms with Crippen molar-refractivity contribution in [1.29, 1.82) is 0 Å². The summed E-state index contributed by atoms with van der Waals surface area (Å²) in [7, 11) is 0. The van der Waals surface area contributed by atoms with Gasteiger partial charge in [0.15, 0.2) is 0 Å². The highest BCUT2D eigenvalue weighted by Gasteiger charge is 2.44. The highest BCUT2D eigenvalue weighted by atomic mass is 79.9. The van der Waals surface area contributed by atoms with Crippen LogP contribution in [0.1, 0.15) is 0 Å². The minimum absolute atomic E-state index is 0.431. The Morgan fingerprint density at radius 3 is 2.68 bits per heavy atom. The lowest BCUT2D eigenvalue weighted by Crippen LogP contribution is -2.60. The number of hydrogen-bond donors (Lipinski definition) is 5. The molecule has 22 heavy (non-hydrogen) atoms. The summed E-state index contributed by atoms with van der Waals surface area (Å²) < 4.78 is 11.8. The monoisotopic (exact) mass is 373 g/mol. The number of aromatic nitrogens is 1. The van der Waals surface area contributed by atoms with Crippen LogP contribution in [0.15, 0.2) is 28.9 Å². The fraction of sp³-hybridized carbons (Fsp3) is 0.429. The van der Waals surface area contributed by atoms with Crippen molar-refractivity contribution in [2.45, 2.75) is 30.7 Å². The third kappa shape index (κ3) is 2.73. The Morgan fingerprint density at radius 1 is 1.18 bits per heavy atom. The predicted molar refractivity (Wildman–Crippen MR) is 80.4 cm³/mol. The van der Waals surface area contributed by atoms with Gasteiger partial charge in [0.2, 0.25) is 6.29 Å². The molecule has 2 unspecified atom stereocenters. The molecule has 1 saturated heterocycles. The maximum absolute atomic E-state index is 9.99. The summed E-state index contributed by atoms with van der Waals surface area (Å²) in [6.07, 6.45) is -4.90. The Bertz CT molecular complexity index is 660. The van der Waals surface area contributed by atoms with Crippen molar-refractivity contribution in [2.24, 2.45) is 0 Å². The molecular weight excluding hydrogens is 358 g/mol. The van der Waals surface area contributed by atoms with Crippen molar-refractivity contribution < 1.29 is 29.9 Å². The Balaban J connectivity index is 1.85. The fourth-order valence-corrected chi connectivity index (χ4v) is 2.82. The van der Waals surface area contributed by atoms with Crippen molar-refractivity contribution >= 4 is 26.8 Å². The number of aromatic amines is 1. The molecule has 7 nitrogen and oxygen atoms in total. The molecule has 0 saturated carbocycles. The second kappa shape index (κ2) is 6.15. The van der Waals surface area contributed by atoms with Gasteiger partial charge >= 0.3 is 0 Å². The second-order valence-electron chi connectivity index (χ2n) is 5.16. The van der Waals surface area contributed by atoms with E-state index in [1.54, 1.807) is 6.20 Å². The third-order valence-electron chi connectivity index (χ3n) is 3.70. The van der Waals surface area contributed by atoms with Gasteiger partial charge < -0.3 is 34.9 Å². The van der Waals surface area contributed by atoms with Crippen LogP contribution in [0.4, 0.5) is 0 Å². The Labute approximate surface area is 134 Å². The summed E-state index contributed by atoms with van der Waals surface area (Å²) in [4.78, 5) is 3.02. The number of hydrogen-bond acceptors (Lipinski definition) is 6. The van der Waals surface area contributed by atoms with Gasteiger partial charge in [-0.15, -0.1) is 0 Å². The zero-order valence-electron chi connectivity index (χ0n) is 11.4. The molecule has 1 aliphatic rings. The molecule has 5 atom stereocenters. The molecule has 0 amide bonds. The number of H-pyrrole nitrogens is 1. The quantitative estimate of drug-likeness (QED) is 0.521. The molecule has 5 N–H and O–H groups in total. The van der Waals surface area contributed by atoms with Gasteiger partial charge in [-0.25, -0.2) is 0 Å². The second-order valence-corrected chi connectivity index (χ2v) is 6.07. The van der Waals surface area contributed by atoms with Crippen LogP contribution in [-0.2, 0) is 4.74 Å². The summed E-state index contributed by atoms with van der Waals surface area (Å²) >= 11 is 3.37. The number of halogens is 1. The Hall–Kier alpha value is -1.16. The molecule has 0 radical (unpaired) electrons. The standard InChI is InChI=1S/C14H16BrNO6/c15-6-1-2-8-7(3-6)9(4-16-8)21-14-13(20)12(19)11(18)10(5-17)22-14/h1-4,10-14,16-20H,5H2/t10?,11-,12+,13?,14-/m0/s1. The molecule has 1 aliphatic heterocycles. The molecule has 2 heterocycles. The normalized spacial score (nSPS) is 32.3. The van der Waals surface area contributed by atoms with Crippen LogP contribution >= 0.6 is 15.9 Å². The third-order valence-corrected chi connectivity index (χ3v) is 4.19. The average Bonchev–Trinajstić information content (AvgIpc) is 2.90. The van der Waals surface area contributed by atoms with Gasteiger partial charge in [-0.2, -0.15) is 0 Å².